The standard InChI is InChI=1S/C9H5F3INO/c10-9(11,12)15-7-3-1-2-6-5(7)4-8(13)14-6/h1-4,14H. The maximum atomic E-state index is 12.0. The third-order valence-electron chi connectivity index (χ3n) is 1.82. The topological polar surface area (TPSA) is 25.0 Å². The Morgan fingerprint density at radius 1 is 1.27 bits per heavy atom. The Morgan fingerprint density at radius 3 is 2.67 bits per heavy atom. The van der Waals surface area contributed by atoms with Gasteiger partial charge in [0.1, 0.15) is 5.75 Å². The van der Waals surface area contributed by atoms with E-state index >= 15 is 0 Å². The smallest absolute Gasteiger partial charge is 0.405 e. The summed E-state index contributed by atoms with van der Waals surface area (Å²) < 4.78 is 40.8. The lowest BCUT2D eigenvalue weighted by Gasteiger charge is -2.09. The molecule has 1 heterocycles. The van der Waals surface area contributed by atoms with Gasteiger partial charge in [0.2, 0.25) is 0 Å². The third kappa shape index (κ3) is 2.36. The number of hydrogen-bond donors (Lipinski definition) is 1. The minimum absolute atomic E-state index is 0.181. The number of nitrogens with one attached hydrogen (secondary N) is 1. The van der Waals surface area contributed by atoms with Crippen LogP contribution in [0.3, 0.4) is 0 Å². The summed E-state index contributed by atoms with van der Waals surface area (Å²) in [5, 5.41) is 0.430. The van der Waals surface area contributed by atoms with Crippen LogP contribution in [0.5, 0.6) is 5.75 Å². The van der Waals surface area contributed by atoms with Crippen LogP contribution < -0.4 is 4.74 Å². The molecule has 2 rings (SSSR count). The molecular formula is C9H5F3INO. The second-order valence-electron chi connectivity index (χ2n) is 2.88. The molecule has 15 heavy (non-hydrogen) atoms. The number of hydrogen-bond acceptors (Lipinski definition) is 1. The summed E-state index contributed by atoms with van der Waals surface area (Å²) in [6, 6.07) is 6.10. The van der Waals surface area contributed by atoms with Crippen molar-refractivity contribution in [3.05, 3.63) is 28.0 Å². The zero-order valence-electron chi connectivity index (χ0n) is 7.23. The van der Waals surface area contributed by atoms with Crippen molar-refractivity contribution in [3.63, 3.8) is 0 Å². The summed E-state index contributed by atoms with van der Waals surface area (Å²) in [5.41, 5.74) is 0.626. The lowest BCUT2D eigenvalue weighted by atomic mass is 10.2. The molecule has 2 nitrogen and oxygen atoms in total. The van der Waals surface area contributed by atoms with Crippen molar-refractivity contribution >= 4 is 33.5 Å². The van der Waals surface area contributed by atoms with E-state index in [9.17, 15) is 13.2 Å². The molecule has 0 aliphatic heterocycles. The monoisotopic (exact) mass is 327 g/mol. The third-order valence-corrected chi connectivity index (χ3v) is 2.40. The van der Waals surface area contributed by atoms with Crippen LogP contribution in [0.1, 0.15) is 0 Å². The molecule has 0 radical (unpaired) electrons. The van der Waals surface area contributed by atoms with Gasteiger partial charge in [-0.05, 0) is 40.8 Å². The van der Waals surface area contributed by atoms with E-state index in [0.29, 0.717) is 10.9 Å². The molecule has 1 aromatic carbocycles. The van der Waals surface area contributed by atoms with E-state index in [1.54, 1.807) is 12.1 Å². The van der Waals surface area contributed by atoms with Crippen LogP contribution in [0.2, 0.25) is 0 Å². The van der Waals surface area contributed by atoms with Gasteiger partial charge in [-0.1, -0.05) is 6.07 Å². The van der Waals surface area contributed by atoms with Gasteiger partial charge < -0.3 is 9.72 Å². The van der Waals surface area contributed by atoms with Crippen molar-refractivity contribution in [3.8, 4) is 5.75 Å². The van der Waals surface area contributed by atoms with E-state index in [1.807, 2.05) is 22.6 Å². The van der Waals surface area contributed by atoms with Gasteiger partial charge in [0.05, 0.1) is 3.70 Å². The van der Waals surface area contributed by atoms with Crippen LogP contribution in [0.15, 0.2) is 24.3 Å². The Kier molecular flexibility index (Phi) is 2.53. The number of aromatic nitrogens is 1. The van der Waals surface area contributed by atoms with Gasteiger partial charge >= 0.3 is 6.36 Å². The van der Waals surface area contributed by atoms with Crippen LogP contribution >= 0.6 is 22.6 Å². The molecule has 0 spiro atoms. The molecule has 0 saturated carbocycles. The van der Waals surface area contributed by atoms with E-state index in [1.165, 1.54) is 12.1 Å². The Hall–Kier alpha value is -0.920. The molecule has 0 saturated heterocycles. The Labute approximate surface area is 96.6 Å². The predicted molar refractivity (Wildman–Crippen MR) is 57.7 cm³/mol. The molecule has 2 aromatic rings. The SMILES string of the molecule is FC(F)(F)Oc1cccc2[nH]c(I)cc12. The number of halogens is 4. The molecular weight excluding hydrogens is 322 g/mol. The molecule has 0 aliphatic rings. The number of aromatic amines is 1. The van der Waals surface area contributed by atoms with Crippen LogP contribution in [0.4, 0.5) is 13.2 Å². The summed E-state index contributed by atoms with van der Waals surface area (Å²) in [4.78, 5) is 2.92. The first kappa shape index (κ1) is 10.6. The summed E-state index contributed by atoms with van der Waals surface area (Å²) in [5.74, 6) is -0.181. The molecule has 0 amide bonds. The molecule has 1 N–H and O–H groups in total. The molecule has 6 heteroatoms. The highest BCUT2D eigenvalue weighted by molar-refractivity contribution is 14.1. The Morgan fingerprint density at radius 2 is 2.00 bits per heavy atom. The van der Waals surface area contributed by atoms with Crippen molar-refractivity contribution in [1.29, 1.82) is 0 Å². The number of fused-ring (bicyclic) bond motifs is 1. The van der Waals surface area contributed by atoms with Gasteiger partial charge in [0.25, 0.3) is 0 Å². The highest BCUT2D eigenvalue weighted by Gasteiger charge is 2.31. The first-order valence-corrected chi connectivity index (χ1v) is 5.06. The van der Waals surface area contributed by atoms with Crippen molar-refractivity contribution in [1.82, 2.24) is 4.98 Å². The molecule has 1 aromatic heterocycles. The summed E-state index contributed by atoms with van der Waals surface area (Å²) in [6.45, 7) is 0. The van der Waals surface area contributed by atoms with Crippen LogP contribution in [0, 0.1) is 3.70 Å². The minimum atomic E-state index is -4.66. The highest BCUT2D eigenvalue weighted by Crippen LogP contribution is 2.31. The predicted octanol–water partition coefficient (Wildman–Crippen LogP) is 3.67. The van der Waals surface area contributed by atoms with Gasteiger partial charge in [-0.2, -0.15) is 0 Å². The van der Waals surface area contributed by atoms with Crippen molar-refractivity contribution in [2.75, 3.05) is 0 Å². The number of rotatable bonds is 1. The molecule has 0 unspecified atom stereocenters. The molecule has 80 valence electrons. The maximum absolute atomic E-state index is 12.0. The second kappa shape index (κ2) is 3.58. The lowest BCUT2D eigenvalue weighted by molar-refractivity contribution is -0.274. The van der Waals surface area contributed by atoms with E-state index in [-0.39, 0.29) is 5.75 Å². The average molecular weight is 327 g/mol. The zero-order valence-corrected chi connectivity index (χ0v) is 9.39. The fourth-order valence-corrected chi connectivity index (χ4v) is 1.91. The van der Waals surface area contributed by atoms with E-state index in [0.717, 1.165) is 3.70 Å². The zero-order chi connectivity index (χ0) is 11.1. The molecule has 0 aliphatic carbocycles. The molecule has 0 atom stereocenters. The second-order valence-corrected chi connectivity index (χ2v) is 4.04. The Bertz CT molecular complexity index is 492. The van der Waals surface area contributed by atoms with Gasteiger partial charge in [0.15, 0.2) is 0 Å². The fraction of sp³-hybridized carbons (Fsp3) is 0.111. The quantitative estimate of drug-likeness (QED) is 0.795. The van der Waals surface area contributed by atoms with Gasteiger partial charge in [-0.25, -0.2) is 0 Å². The number of alkyl halides is 3. The van der Waals surface area contributed by atoms with E-state index in [4.69, 9.17) is 0 Å². The molecule has 0 fully saturated rings. The highest BCUT2D eigenvalue weighted by atomic mass is 127. The Balaban J connectivity index is 2.51. The summed E-state index contributed by atoms with van der Waals surface area (Å²) in [7, 11) is 0. The van der Waals surface area contributed by atoms with Gasteiger partial charge in [-0.15, -0.1) is 13.2 Å². The van der Waals surface area contributed by atoms with Crippen LogP contribution in [-0.4, -0.2) is 11.3 Å². The van der Waals surface area contributed by atoms with Gasteiger partial charge in [0, 0.05) is 10.9 Å². The number of ether oxygens (including phenoxy) is 1. The summed E-state index contributed by atoms with van der Waals surface area (Å²) >= 11 is 1.99. The van der Waals surface area contributed by atoms with E-state index in [2.05, 4.69) is 9.72 Å². The van der Waals surface area contributed by atoms with Crippen LogP contribution in [0.25, 0.3) is 10.9 Å². The van der Waals surface area contributed by atoms with Crippen LogP contribution in [-0.2, 0) is 0 Å². The van der Waals surface area contributed by atoms with Crippen molar-refractivity contribution in [2.45, 2.75) is 6.36 Å². The van der Waals surface area contributed by atoms with Gasteiger partial charge in [-0.3, -0.25) is 0 Å². The lowest BCUT2D eigenvalue weighted by Crippen LogP contribution is -2.17. The molecule has 0 bridgehead atoms. The number of H-pyrrole nitrogens is 1. The first-order chi connectivity index (χ1) is 6.96. The van der Waals surface area contributed by atoms with Crippen molar-refractivity contribution < 1.29 is 17.9 Å². The normalized spacial score (nSPS) is 12.0. The fourth-order valence-electron chi connectivity index (χ4n) is 1.31. The summed E-state index contributed by atoms with van der Waals surface area (Å²) in [6.07, 6.45) is -4.66. The average Bonchev–Trinajstić information content (AvgIpc) is 2.43. The number of benzene rings is 1. The van der Waals surface area contributed by atoms with Crippen molar-refractivity contribution in [2.24, 2.45) is 0 Å². The van der Waals surface area contributed by atoms with E-state index < -0.39 is 6.36 Å². The first-order valence-electron chi connectivity index (χ1n) is 3.99. The largest absolute Gasteiger partial charge is 0.573 e. The minimum Gasteiger partial charge on any atom is -0.405 e. The maximum Gasteiger partial charge on any atom is 0.573 e.